The van der Waals surface area contributed by atoms with Crippen LogP contribution in [-0.4, -0.2) is 32.4 Å². The van der Waals surface area contributed by atoms with Crippen LogP contribution in [0.4, 0.5) is 0 Å². The fourth-order valence-electron chi connectivity index (χ4n) is 3.16. The van der Waals surface area contributed by atoms with E-state index in [0.717, 1.165) is 38.2 Å². The van der Waals surface area contributed by atoms with Gasteiger partial charge in [-0.25, -0.2) is 0 Å². The highest BCUT2D eigenvalue weighted by molar-refractivity contribution is 5.37. The van der Waals surface area contributed by atoms with Gasteiger partial charge in [0.1, 0.15) is 5.75 Å². The molecule has 0 spiro atoms. The number of hydrogen-bond acceptors (Lipinski definition) is 3. The van der Waals surface area contributed by atoms with Gasteiger partial charge in [0.2, 0.25) is 0 Å². The quantitative estimate of drug-likeness (QED) is 0.829. The predicted octanol–water partition coefficient (Wildman–Crippen LogP) is 3.35. The van der Waals surface area contributed by atoms with Crippen molar-refractivity contribution >= 4 is 0 Å². The standard InChI is InChI=1S/C17H27NO2/c1-4-16(19-5-2)15(18-3)12-13-10-11-20-17-9-7-6-8-14(13)17/h6-9,13,15-16,18H,4-5,10-12H2,1-3H3. The van der Waals surface area contributed by atoms with Crippen molar-refractivity contribution < 1.29 is 9.47 Å². The average Bonchev–Trinajstić information content (AvgIpc) is 2.50. The van der Waals surface area contributed by atoms with Crippen molar-refractivity contribution in [3.05, 3.63) is 29.8 Å². The maximum atomic E-state index is 5.88. The van der Waals surface area contributed by atoms with E-state index in [0.29, 0.717) is 18.1 Å². The van der Waals surface area contributed by atoms with E-state index in [-0.39, 0.29) is 0 Å². The number of ether oxygens (including phenoxy) is 2. The van der Waals surface area contributed by atoms with E-state index in [4.69, 9.17) is 9.47 Å². The van der Waals surface area contributed by atoms with Gasteiger partial charge in [-0.15, -0.1) is 0 Å². The number of likely N-dealkylation sites (N-methyl/N-ethyl adjacent to an activating group) is 1. The number of hydrogen-bond donors (Lipinski definition) is 1. The SMILES string of the molecule is CCOC(CC)C(CC1CCOc2ccccc21)NC. The monoisotopic (exact) mass is 277 g/mol. The van der Waals surface area contributed by atoms with Gasteiger partial charge < -0.3 is 14.8 Å². The molecule has 1 N–H and O–H groups in total. The highest BCUT2D eigenvalue weighted by Crippen LogP contribution is 2.36. The van der Waals surface area contributed by atoms with Crippen LogP contribution in [-0.2, 0) is 4.74 Å². The molecular weight excluding hydrogens is 250 g/mol. The van der Waals surface area contributed by atoms with E-state index >= 15 is 0 Å². The third-order valence-corrected chi connectivity index (χ3v) is 4.22. The van der Waals surface area contributed by atoms with Crippen LogP contribution < -0.4 is 10.1 Å². The molecule has 1 aromatic rings. The summed E-state index contributed by atoms with van der Waals surface area (Å²) < 4.78 is 11.6. The Labute approximate surface area is 122 Å². The highest BCUT2D eigenvalue weighted by atomic mass is 16.5. The molecule has 0 aromatic heterocycles. The fraction of sp³-hybridized carbons (Fsp3) is 0.647. The Hall–Kier alpha value is -1.06. The van der Waals surface area contributed by atoms with Gasteiger partial charge in [0.15, 0.2) is 0 Å². The first-order valence-corrected chi connectivity index (χ1v) is 7.80. The third kappa shape index (κ3) is 3.53. The Bertz CT molecular complexity index is 408. The van der Waals surface area contributed by atoms with Crippen LogP contribution in [0.1, 0.15) is 44.6 Å². The maximum Gasteiger partial charge on any atom is 0.122 e. The van der Waals surface area contributed by atoms with Crippen LogP contribution in [0, 0.1) is 0 Å². The van der Waals surface area contributed by atoms with Crippen LogP contribution in [0.2, 0.25) is 0 Å². The average molecular weight is 277 g/mol. The van der Waals surface area contributed by atoms with E-state index in [2.05, 4.69) is 37.4 Å². The minimum Gasteiger partial charge on any atom is -0.493 e. The lowest BCUT2D eigenvalue weighted by molar-refractivity contribution is 0.0286. The molecule has 20 heavy (non-hydrogen) atoms. The third-order valence-electron chi connectivity index (χ3n) is 4.22. The van der Waals surface area contributed by atoms with Crippen molar-refractivity contribution in [3.8, 4) is 5.75 Å². The van der Waals surface area contributed by atoms with Crippen LogP contribution >= 0.6 is 0 Å². The van der Waals surface area contributed by atoms with Crippen LogP contribution in [0.15, 0.2) is 24.3 Å². The van der Waals surface area contributed by atoms with Gasteiger partial charge in [0.25, 0.3) is 0 Å². The molecule has 112 valence electrons. The number of benzene rings is 1. The molecule has 0 saturated heterocycles. The molecule has 1 aliphatic rings. The summed E-state index contributed by atoms with van der Waals surface area (Å²) in [6.45, 7) is 5.87. The van der Waals surface area contributed by atoms with Gasteiger partial charge in [0, 0.05) is 12.6 Å². The zero-order valence-corrected chi connectivity index (χ0v) is 12.9. The molecule has 3 heteroatoms. The summed E-state index contributed by atoms with van der Waals surface area (Å²) in [4.78, 5) is 0. The van der Waals surface area contributed by atoms with Crippen molar-refractivity contribution in [1.29, 1.82) is 0 Å². The van der Waals surface area contributed by atoms with Gasteiger partial charge in [-0.3, -0.25) is 0 Å². The topological polar surface area (TPSA) is 30.5 Å². The summed E-state index contributed by atoms with van der Waals surface area (Å²) in [5.41, 5.74) is 1.35. The molecule has 1 aliphatic heterocycles. The first-order chi connectivity index (χ1) is 9.80. The second kappa shape index (κ2) is 7.65. The molecule has 0 saturated carbocycles. The van der Waals surface area contributed by atoms with Crippen molar-refractivity contribution in [2.75, 3.05) is 20.3 Å². The highest BCUT2D eigenvalue weighted by Gasteiger charge is 2.27. The lowest BCUT2D eigenvalue weighted by atomic mass is 9.85. The summed E-state index contributed by atoms with van der Waals surface area (Å²) in [7, 11) is 2.04. The van der Waals surface area contributed by atoms with Gasteiger partial charge in [-0.2, -0.15) is 0 Å². The molecule has 0 radical (unpaired) electrons. The molecule has 0 aliphatic carbocycles. The lowest BCUT2D eigenvalue weighted by Gasteiger charge is -2.32. The largest absolute Gasteiger partial charge is 0.493 e. The second-order valence-electron chi connectivity index (χ2n) is 5.40. The number of rotatable bonds is 7. The molecule has 2 rings (SSSR count). The Balaban J connectivity index is 2.08. The Kier molecular flexibility index (Phi) is 5.86. The van der Waals surface area contributed by atoms with E-state index in [1.165, 1.54) is 5.56 Å². The summed E-state index contributed by atoms with van der Waals surface area (Å²) in [5, 5.41) is 3.45. The summed E-state index contributed by atoms with van der Waals surface area (Å²) in [6, 6.07) is 8.83. The van der Waals surface area contributed by atoms with Gasteiger partial charge in [0.05, 0.1) is 12.7 Å². The minimum atomic E-state index is 0.292. The number of fused-ring (bicyclic) bond motifs is 1. The zero-order chi connectivity index (χ0) is 14.4. The summed E-state index contributed by atoms with van der Waals surface area (Å²) in [5.74, 6) is 1.62. The van der Waals surface area contributed by atoms with Crippen molar-refractivity contribution in [2.24, 2.45) is 0 Å². The molecule has 1 heterocycles. The van der Waals surface area contributed by atoms with Crippen molar-refractivity contribution in [1.82, 2.24) is 5.32 Å². The van der Waals surface area contributed by atoms with E-state index in [9.17, 15) is 0 Å². The predicted molar refractivity (Wildman–Crippen MR) is 82.5 cm³/mol. The van der Waals surface area contributed by atoms with E-state index in [1.807, 2.05) is 13.1 Å². The van der Waals surface area contributed by atoms with Crippen LogP contribution in [0.25, 0.3) is 0 Å². The smallest absolute Gasteiger partial charge is 0.122 e. The zero-order valence-electron chi connectivity index (χ0n) is 12.9. The minimum absolute atomic E-state index is 0.292. The normalized spacial score (nSPS) is 20.9. The molecule has 0 amide bonds. The van der Waals surface area contributed by atoms with Crippen molar-refractivity contribution in [3.63, 3.8) is 0 Å². The van der Waals surface area contributed by atoms with Crippen molar-refractivity contribution in [2.45, 2.75) is 51.2 Å². The molecule has 0 fully saturated rings. The van der Waals surface area contributed by atoms with Gasteiger partial charge in [-0.1, -0.05) is 25.1 Å². The molecule has 0 bridgehead atoms. The Morgan fingerprint density at radius 2 is 2.15 bits per heavy atom. The lowest BCUT2D eigenvalue weighted by Crippen LogP contribution is -2.40. The first-order valence-electron chi connectivity index (χ1n) is 7.80. The first kappa shape index (κ1) is 15.3. The maximum absolute atomic E-state index is 5.88. The molecule has 3 unspecified atom stereocenters. The van der Waals surface area contributed by atoms with E-state index in [1.54, 1.807) is 0 Å². The molecular formula is C17H27NO2. The summed E-state index contributed by atoms with van der Waals surface area (Å²) >= 11 is 0. The Morgan fingerprint density at radius 3 is 2.85 bits per heavy atom. The van der Waals surface area contributed by atoms with Crippen LogP contribution in [0.5, 0.6) is 5.75 Å². The van der Waals surface area contributed by atoms with Gasteiger partial charge in [-0.05, 0) is 50.8 Å². The van der Waals surface area contributed by atoms with Crippen LogP contribution in [0.3, 0.4) is 0 Å². The van der Waals surface area contributed by atoms with E-state index < -0.39 is 0 Å². The molecule has 3 nitrogen and oxygen atoms in total. The second-order valence-corrected chi connectivity index (χ2v) is 5.40. The molecule has 1 aromatic carbocycles. The Morgan fingerprint density at radius 1 is 1.35 bits per heavy atom. The number of nitrogens with one attached hydrogen (secondary N) is 1. The molecule has 3 atom stereocenters. The number of para-hydroxylation sites is 1. The fourth-order valence-corrected chi connectivity index (χ4v) is 3.16. The summed E-state index contributed by atoms with van der Waals surface area (Å²) in [6.07, 6.45) is 3.54. The van der Waals surface area contributed by atoms with Gasteiger partial charge >= 0.3 is 0 Å².